The highest BCUT2D eigenvalue weighted by molar-refractivity contribution is 5.85. The zero-order valence-corrected chi connectivity index (χ0v) is 9.66. The highest BCUT2D eigenvalue weighted by Gasteiger charge is 2.07. The molecule has 2 aromatic rings. The summed E-state index contributed by atoms with van der Waals surface area (Å²) in [4.78, 5) is 11.4. The van der Waals surface area contributed by atoms with E-state index in [9.17, 15) is 4.79 Å². The number of carbonyl (C=O) groups is 1. The molecular formula is C13H16N2O. The number of likely N-dealkylation sites (N-methyl/N-ethyl adjacent to an activating group) is 1. The minimum atomic E-state index is 0.0309. The average molecular weight is 216 g/mol. The predicted molar refractivity (Wildman–Crippen MR) is 65.4 cm³/mol. The Labute approximate surface area is 95.1 Å². The van der Waals surface area contributed by atoms with Crippen molar-refractivity contribution in [2.45, 2.75) is 19.9 Å². The van der Waals surface area contributed by atoms with Crippen molar-refractivity contribution in [3.05, 3.63) is 36.0 Å². The lowest BCUT2D eigenvalue weighted by molar-refractivity contribution is -0.121. The van der Waals surface area contributed by atoms with Gasteiger partial charge in [0.2, 0.25) is 5.91 Å². The summed E-state index contributed by atoms with van der Waals surface area (Å²) in [5.74, 6) is 0.0309. The van der Waals surface area contributed by atoms with Crippen LogP contribution in [0.15, 0.2) is 30.5 Å². The van der Waals surface area contributed by atoms with Gasteiger partial charge in [-0.25, -0.2) is 0 Å². The van der Waals surface area contributed by atoms with Crippen molar-refractivity contribution in [1.29, 1.82) is 0 Å². The Kier molecular flexibility index (Phi) is 2.95. The third-order valence-electron chi connectivity index (χ3n) is 2.85. The molecule has 1 aromatic heterocycles. The van der Waals surface area contributed by atoms with Crippen molar-refractivity contribution < 1.29 is 4.79 Å². The maximum Gasteiger partial charge on any atom is 0.239 e. The number of para-hydroxylation sites is 1. The van der Waals surface area contributed by atoms with E-state index in [1.165, 1.54) is 16.5 Å². The number of amides is 1. The van der Waals surface area contributed by atoms with Gasteiger partial charge in [0, 0.05) is 13.2 Å². The van der Waals surface area contributed by atoms with Gasteiger partial charge in [0.05, 0.1) is 5.52 Å². The number of aryl methyl sites for hydroxylation is 1. The summed E-state index contributed by atoms with van der Waals surface area (Å²) in [6, 6.07) is 8.31. The molecule has 0 aliphatic carbocycles. The first-order valence-electron chi connectivity index (χ1n) is 5.53. The summed E-state index contributed by atoms with van der Waals surface area (Å²) < 4.78 is 2.01. The Hall–Kier alpha value is -1.77. The van der Waals surface area contributed by atoms with Crippen LogP contribution in [-0.2, 0) is 17.8 Å². The van der Waals surface area contributed by atoms with Crippen LogP contribution >= 0.6 is 0 Å². The molecule has 3 nitrogen and oxygen atoms in total. The Bertz CT molecular complexity index is 514. The van der Waals surface area contributed by atoms with Crippen molar-refractivity contribution in [3.8, 4) is 0 Å². The molecule has 0 radical (unpaired) electrons. The molecule has 1 aromatic carbocycles. The number of rotatable bonds is 3. The average Bonchev–Trinajstić information content (AvgIpc) is 2.72. The lowest BCUT2D eigenvalue weighted by Gasteiger charge is -2.07. The quantitative estimate of drug-likeness (QED) is 0.836. The summed E-state index contributed by atoms with van der Waals surface area (Å²) >= 11 is 0. The van der Waals surface area contributed by atoms with Crippen LogP contribution in [0.1, 0.15) is 12.5 Å². The first kappa shape index (κ1) is 10.7. The van der Waals surface area contributed by atoms with E-state index in [1.807, 2.05) is 10.8 Å². The van der Waals surface area contributed by atoms with E-state index in [4.69, 9.17) is 0 Å². The van der Waals surface area contributed by atoms with Gasteiger partial charge in [-0.15, -0.1) is 0 Å². The molecule has 1 heterocycles. The highest BCUT2D eigenvalue weighted by atomic mass is 16.1. The van der Waals surface area contributed by atoms with E-state index >= 15 is 0 Å². The number of carbonyl (C=O) groups excluding carboxylic acids is 1. The molecule has 16 heavy (non-hydrogen) atoms. The molecule has 0 saturated carbocycles. The van der Waals surface area contributed by atoms with Gasteiger partial charge in [-0.3, -0.25) is 4.79 Å². The second kappa shape index (κ2) is 4.39. The molecule has 0 fully saturated rings. The van der Waals surface area contributed by atoms with Crippen LogP contribution in [0.25, 0.3) is 10.9 Å². The number of aromatic nitrogens is 1. The van der Waals surface area contributed by atoms with Gasteiger partial charge >= 0.3 is 0 Å². The van der Waals surface area contributed by atoms with Crippen molar-refractivity contribution in [1.82, 2.24) is 9.88 Å². The molecule has 0 bridgehead atoms. The Morgan fingerprint density at radius 3 is 2.88 bits per heavy atom. The van der Waals surface area contributed by atoms with Crippen molar-refractivity contribution in [2.75, 3.05) is 7.05 Å². The summed E-state index contributed by atoms with van der Waals surface area (Å²) in [6.07, 6.45) is 2.95. The fourth-order valence-electron chi connectivity index (χ4n) is 1.99. The molecule has 1 amide bonds. The van der Waals surface area contributed by atoms with Gasteiger partial charge < -0.3 is 9.88 Å². The number of fused-ring (bicyclic) bond motifs is 1. The third kappa shape index (κ3) is 1.81. The maximum atomic E-state index is 11.4. The molecule has 3 heteroatoms. The predicted octanol–water partition coefficient (Wildman–Crippen LogP) is 1.95. The Morgan fingerprint density at radius 2 is 2.19 bits per heavy atom. The molecule has 0 unspecified atom stereocenters. The van der Waals surface area contributed by atoms with Crippen LogP contribution in [0, 0.1) is 0 Å². The molecular weight excluding hydrogens is 200 g/mol. The normalized spacial score (nSPS) is 10.6. The van der Waals surface area contributed by atoms with Crippen LogP contribution in [0.3, 0.4) is 0 Å². The molecule has 0 atom stereocenters. The van der Waals surface area contributed by atoms with E-state index in [0.29, 0.717) is 6.54 Å². The zero-order valence-electron chi connectivity index (χ0n) is 9.66. The highest BCUT2D eigenvalue weighted by Crippen LogP contribution is 2.20. The first-order valence-corrected chi connectivity index (χ1v) is 5.53. The summed E-state index contributed by atoms with van der Waals surface area (Å²) in [6.45, 7) is 2.52. The number of nitrogens with one attached hydrogen (secondary N) is 1. The van der Waals surface area contributed by atoms with Crippen LogP contribution in [0.2, 0.25) is 0 Å². The van der Waals surface area contributed by atoms with E-state index < -0.39 is 0 Å². The Morgan fingerprint density at radius 1 is 1.38 bits per heavy atom. The Balaban J connectivity index is 2.49. The van der Waals surface area contributed by atoms with E-state index in [0.717, 1.165) is 6.42 Å². The minimum Gasteiger partial charge on any atom is -0.358 e. The zero-order chi connectivity index (χ0) is 11.5. The number of hydrogen-bond acceptors (Lipinski definition) is 1. The van der Waals surface area contributed by atoms with Crippen LogP contribution in [0.5, 0.6) is 0 Å². The fraction of sp³-hybridized carbons (Fsp3) is 0.308. The lowest BCUT2D eigenvalue weighted by atomic mass is 10.1. The lowest BCUT2D eigenvalue weighted by Crippen LogP contribution is -2.23. The van der Waals surface area contributed by atoms with Gasteiger partial charge in [-0.1, -0.05) is 25.1 Å². The van der Waals surface area contributed by atoms with Crippen molar-refractivity contribution in [3.63, 3.8) is 0 Å². The number of nitrogens with zero attached hydrogens (tertiary/aromatic N) is 1. The van der Waals surface area contributed by atoms with Gasteiger partial charge in [-0.2, -0.15) is 0 Å². The van der Waals surface area contributed by atoms with Gasteiger partial charge in [-0.05, 0) is 23.4 Å². The van der Waals surface area contributed by atoms with Crippen LogP contribution in [0.4, 0.5) is 0 Å². The monoisotopic (exact) mass is 216 g/mol. The summed E-state index contributed by atoms with van der Waals surface area (Å²) in [5, 5.41) is 3.84. The molecule has 0 aliphatic rings. The van der Waals surface area contributed by atoms with Gasteiger partial charge in [0.25, 0.3) is 0 Å². The number of benzene rings is 1. The largest absolute Gasteiger partial charge is 0.358 e. The molecule has 84 valence electrons. The maximum absolute atomic E-state index is 11.4. The topological polar surface area (TPSA) is 34.0 Å². The fourth-order valence-corrected chi connectivity index (χ4v) is 1.99. The molecule has 0 saturated heterocycles. The second-order valence-corrected chi connectivity index (χ2v) is 3.83. The van der Waals surface area contributed by atoms with Crippen molar-refractivity contribution in [2.24, 2.45) is 0 Å². The number of hydrogen-bond donors (Lipinski definition) is 1. The van der Waals surface area contributed by atoms with E-state index in [2.05, 4.69) is 36.5 Å². The van der Waals surface area contributed by atoms with Crippen LogP contribution < -0.4 is 5.32 Å². The summed E-state index contributed by atoms with van der Waals surface area (Å²) in [7, 11) is 1.66. The molecule has 1 N–H and O–H groups in total. The first-order chi connectivity index (χ1) is 7.76. The van der Waals surface area contributed by atoms with E-state index in [1.54, 1.807) is 7.05 Å². The third-order valence-corrected chi connectivity index (χ3v) is 2.85. The minimum absolute atomic E-state index is 0.0309. The summed E-state index contributed by atoms with van der Waals surface area (Å²) in [5.41, 5.74) is 2.46. The molecule has 0 aliphatic heterocycles. The standard InChI is InChI=1S/C13H16N2O/c1-3-10-5-4-6-11-7-8-15(13(10)11)9-12(16)14-2/h4-8H,3,9H2,1-2H3,(H,14,16). The van der Waals surface area contributed by atoms with Crippen molar-refractivity contribution >= 4 is 16.8 Å². The SMILES string of the molecule is CCc1cccc2ccn(CC(=O)NC)c12. The molecule has 2 rings (SSSR count). The van der Waals surface area contributed by atoms with Gasteiger partial charge in [0.15, 0.2) is 0 Å². The smallest absolute Gasteiger partial charge is 0.239 e. The van der Waals surface area contributed by atoms with E-state index in [-0.39, 0.29) is 5.91 Å². The van der Waals surface area contributed by atoms with Crippen LogP contribution in [-0.4, -0.2) is 17.5 Å². The molecule has 0 spiro atoms. The second-order valence-electron chi connectivity index (χ2n) is 3.83. The van der Waals surface area contributed by atoms with Gasteiger partial charge in [0.1, 0.15) is 6.54 Å².